The van der Waals surface area contributed by atoms with Crippen molar-refractivity contribution in [1.29, 1.82) is 0 Å². The Morgan fingerprint density at radius 2 is 2.04 bits per heavy atom. The van der Waals surface area contributed by atoms with E-state index in [0.717, 1.165) is 29.9 Å². The van der Waals surface area contributed by atoms with Crippen LogP contribution in [-0.2, 0) is 18.8 Å². The molecular formula is C20H20N6O2. The van der Waals surface area contributed by atoms with E-state index < -0.39 is 11.4 Å². The number of oxazole rings is 1. The summed E-state index contributed by atoms with van der Waals surface area (Å²) in [5, 5.41) is 9.80. The van der Waals surface area contributed by atoms with E-state index >= 15 is 0 Å². The molecule has 0 saturated heterocycles. The summed E-state index contributed by atoms with van der Waals surface area (Å²) >= 11 is 0. The molecule has 2 aliphatic rings. The number of hydrogen-bond donors (Lipinski definition) is 5. The Morgan fingerprint density at radius 1 is 1.18 bits per heavy atom. The molecule has 0 fully saturated rings. The van der Waals surface area contributed by atoms with Gasteiger partial charge in [0.05, 0.1) is 5.52 Å². The Balaban J connectivity index is 1.50. The molecule has 8 heteroatoms. The van der Waals surface area contributed by atoms with Crippen molar-refractivity contribution < 1.29 is 4.42 Å². The highest BCUT2D eigenvalue weighted by atomic mass is 16.4. The first-order valence-electron chi connectivity index (χ1n) is 9.07. The molecule has 1 aromatic heterocycles. The quantitative estimate of drug-likeness (QED) is 0.465. The number of nitrogens with zero attached hydrogens (tertiary/aromatic N) is 1. The Bertz CT molecular complexity index is 1200. The molecule has 0 aliphatic carbocycles. The second-order valence-corrected chi connectivity index (χ2v) is 7.14. The van der Waals surface area contributed by atoms with Crippen molar-refractivity contribution in [2.45, 2.75) is 25.7 Å². The molecular weight excluding hydrogens is 356 g/mol. The van der Waals surface area contributed by atoms with Gasteiger partial charge in [-0.1, -0.05) is 12.1 Å². The third-order valence-corrected chi connectivity index (χ3v) is 5.27. The fraction of sp³-hybridized carbons (Fsp3) is 0.200. The molecule has 3 aromatic rings. The van der Waals surface area contributed by atoms with Gasteiger partial charge in [-0.3, -0.25) is 10.7 Å². The van der Waals surface area contributed by atoms with Crippen molar-refractivity contribution in [2.75, 3.05) is 5.32 Å². The van der Waals surface area contributed by atoms with Crippen LogP contribution in [0.15, 0.2) is 62.4 Å². The summed E-state index contributed by atoms with van der Waals surface area (Å²) in [6.07, 6.45) is 1.84. The van der Waals surface area contributed by atoms with Gasteiger partial charge in [0.25, 0.3) is 0 Å². The molecule has 1 atom stereocenters. The fourth-order valence-corrected chi connectivity index (χ4v) is 3.64. The maximum atomic E-state index is 11.4. The predicted octanol–water partition coefficient (Wildman–Crippen LogP) is 1.81. The van der Waals surface area contributed by atoms with E-state index in [9.17, 15) is 4.79 Å². The molecule has 142 valence electrons. The number of hydrogen-bond acceptors (Lipinski definition) is 7. The van der Waals surface area contributed by atoms with Gasteiger partial charge in [0, 0.05) is 30.5 Å². The molecule has 1 unspecified atom stereocenters. The SMILES string of the molecule is CC1=CNC(Nc2ccc3c(c2)CNC3)=NC1(N)c1ccc2oc(=O)[nH]c2c1. The maximum absolute atomic E-state index is 11.4. The van der Waals surface area contributed by atoms with Crippen LogP contribution in [0.5, 0.6) is 0 Å². The number of rotatable bonds is 2. The molecule has 3 heterocycles. The molecule has 8 nitrogen and oxygen atoms in total. The number of benzene rings is 2. The first-order valence-corrected chi connectivity index (χ1v) is 9.07. The van der Waals surface area contributed by atoms with Crippen LogP contribution >= 0.6 is 0 Å². The number of anilines is 1. The zero-order valence-electron chi connectivity index (χ0n) is 15.3. The lowest BCUT2D eigenvalue weighted by Gasteiger charge is -2.31. The summed E-state index contributed by atoms with van der Waals surface area (Å²) < 4.78 is 5.07. The van der Waals surface area contributed by atoms with Gasteiger partial charge in [0.15, 0.2) is 11.2 Å². The lowest BCUT2D eigenvalue weighted by molar-refractivity contribution is 0.541. The Hall–Kier alpha value is -3.36. The van der Waals surface area contributed by atoms with Crippen LogP contribution in [-0.4, -0.2) is 10.9 Å². The predicted molar refractivity (Wildman–Crippen MR) is 108 cm³/mol. The fourth-order valence-electron chi connectivity index (χ4n) is 3.64. The lowest BCUT2D eigenvalue weighted by atomic mass is 9.93. The lowest BCUT2D eigenvalue weighted by Crippen LogP contribution is -2.44. The minimum Gasteiger partial charge on any atom is -0.408 e. The number of nitrogens with two attached hydrogens (primary N) is 1. The van der Waals surface area contributed by atoms with Crippen molar-refractivity contribution in [3.05, 3.63) is 75.4 Å². The molecule has 2 aliphatic heterocycles. The second-order valence-electron chi connectivity index (χ2n) is 7.14. The third-order valence-electron chi connectivity index (χ3n) is 5.27. The topological polar surface area (TPSA) is 120 Å². The van der Waals surface area contributed by atoms with Crippen LogP contribution in [0.2, 0.25) is 0 Å². The first kappa shape index (κ1) is 16.8. The van der Waals surface area contributed by atoms with Crippen LogP contribution in [0.4, 0.5) is 5.69 Å². The molecule has 28 heavy (non-hydrogen) atoms. The van der Waals surface area contributed by atoms with Gasteiger partial charge < -0.3 is 20.4 Å². The summed E-state index contributed by atoms with van der Waals surface area (Å²) in [5.41, 5.74) is 11.8. The van der Waals surface area contributed by atoms with E-state index in [1.54, 1.807) is 12.1 Å². The van der Waals surface area contributed by atoms with E-state index in [2.05, 4.69) is 33.1 Å². The third kappa shape index (κ3) is 2.70. The molecule has 2 aromatic carbocycles. The Labute approximate surface area is 160 Å². The average Bonchev–Trinajstić information content (AvgIpc) is 3.28. The van der Waals surface area contributed by atoms with Gasteiger partial charge in [-0.15, -0.1) is 0 Å². The molecule has 0 amide bonds. The maximum Gasteiger partial charge on any atom is 0.417 e. The smallest absolute Gasteiger partial charge is 0.408 e. The van der Waals surface area contributed by atoms with Crippen LogP contribution in [0.3, 0.4) is 0 Å². The second kappa shape index (κ2) is 6.08. The zero-order chi connectivity index (χ0) is 19.3. The van der Waals surface area contributed by atoms with Crippen LogP contribution in [0.25, 0.3) is 11.1 Å². The van der Waals surface area contributed by atoms with Crippen molar-refractivity contribution in [3.63, 3.8) is 0 Å². The minimum atomic E-state index is -1.06. The first-order chi connectivity index (χ1) is 13.5. The molecule has 0 spiro atoms. The molecule has 0 saturated carbocycles. The summed E-state index contributed by atoms with van der Waals surface area (Å²) in [5.74, 6) is 0.0625. The van der Waals surface area contributed by atoms with E-state index in [1.807, 2.05) is 25.3 Å². The van der Waals surface area contributed by atoms with Gasteiger partial charge in [-0.2, -0.15) is 0 Å². The zero-order valence-corrected chi connectivity index (χ0v) is 15.3. The van der Waals surface area contributed by atoms with E-state index in [-0.39, 0.29) is 0 Å². The molecule has 0 bridgehead atoms. The van der Waals surface area contributed by atoms with Crippen LogP contribution in [0.1, 0.15) is 23.6 Å². The summed E-state index contributed by atoms with van der Waals surface area (Å²) in [7, 11) is 0. The highest BCUT2D eigenvalue weighted by molar-refractivity contribution is 5.95. The van der Waals surface area contributed by atoms with Crippen LogP contribution in [0, 0.1) is 0 Å². The van der Waals surface area contributed by atoms with Gasteiger partial charge >= 0.3 is 5.76 Å². The molecule has 5 rings (SSSR count). The highest BCUT2D eigenvalue weighted by Gasteiger charge is 2.32. The van der Waals surface area contributed by atoms with Gasteiger partial charge in [-0.05, 0) is 47.9 Å². The summed E-state index contributed by atoms with van der Waals surface area (Å²) in [6.45, 7) is 3.69. The number of aliphatic imine (C=N–C) groups is 1. The minimum absolute atomic E-state index is 0.488. The molecule has 6 N–H and O–H groups in total. The van der Waals surface area contributed by atoms with Crippen molar-refractivity contribution in [3.8, 4) is 0 Å². The number of H-pyrrole nitrogens is 1. The highest BCUT2D eigenvalue weighted by Crippen LogP contribution is 2.31. The van der Waals surface area contributed by atoms with E-state index in [0.29, 0.717) is 17.1 Å². The largest absolute Gasteiger partial charge is 0.417 e. The monoisotopic (exact) mass is 376 g/mol. The van der Waals surface area contributed by atoms with Crippen molar-refractivity contribution in [1.82, 2.24) is 15.6 Å². The number of fused-ring (bicyclic) bond motifs is 2. The summed E-state index contributed by atoms with van der Waals surface area (Å²) in [4.78, 5) is 18.8. The van der Waals surface area contributed by atoms with Crippen molar-refractivity contribution in [2.24, 2.45) is 10.7 Å². The van der Waals surface area contributed by atoms with E-state index in [4.69, 9.17) is 15.1 Å². The Morgan fingerprint density at radius 3 is 2.93 bits per heavy atom. The number of guanidine groups is 1. The average molecular weight is 376 g/mol. The normalized spacial score (nSPS) is 21.1. The molecule has 0 radical (unpaired) electrons. The Kier molecular flexibility index (Phi) is 3.65. The standard InChI is InChI=1S/C20H20N6O2/c1-11-8-23-18(24-15-4-2-12-9-22-10-13(12)6-15)26-20(11,21)14-3-5-17-16(7-14)25-19(27)28-17/h2-8,22H,9-10,21H2,1H3,(H,25,27)(H2,23,24,26). The van der Waals surface area contributed by atoms with Crippen LogP contribution < -0.4 is 27.4 Å². The number of aromatic amines is 1. The van der Waals surface area contributed by atoms with Gasteiger partial charge in [0.1, 0.15) is 0 Å². The number of aromatic nitrogens is 1. The van der Waals surface area contributed by atoms with Gasteiger partial charge in [-0.25, -0.2) is 9.79 Å². The van der Waals surface area contributed by atoms with Crippen molar-refractivity contribution >= 4 is 22.7 Å². The van der Waals surface area contributed by atoms with E-state index in [1.165, 1.54) is 11.1 Å². The summed E-state index contributed by atoms with van der Waals surface area (Å²) in [6, 6.07) is 11.6. The van der Waals surface area contributed by atoms with Gasteiger partial charge in [0.2, 0.25) is 5.96 Å². The number of nitrogens with one attached hydrogen (secondary N) is 4.